The monoisotopic (exact) mass is 270 g/mol. The van der Waals surface area contributed by atoms with Gasteiger partial charge in [0.1, 0.15) is 11.3 Å². The van der Waals surface area contributed by atoms with Crippen LogP contribution in [0, 0.1) is 0 Å². The third-order valence-corrected chi connectivity index (χ3v) is 3.52. The summed E-state index contributed by atoms with van der Waals surface area (Å²) >= 11 is 6.08. The van der Waals surface area contributed by atoms with Gasteiger partial charge in [-0.25, -0.2) is 9.97 Å². The molecule has 0 atom stereocenters. The van der Waals surface area contributed by atoms with Crippen LogP contribution in [0.25, 0.3) is 0 Å². The van der Waals surface area contributed by atoms with Crippen LogP contribution in [0.15, 0.2) is 12.5 Å². The van der Waals surface area contributed by atoms with Crippen LogP contribution in [0.3, 0.4) is 0 Å². The highest BCUT2D eigenvalue weighted by Gasteiger charge is 2.33. The number of halogens is 1. The van der Waals surface area contributed by atoms with Crippen molar-refractivity contribution in [1.29, 1.82) is 0 Å². The van der Waals surface area contributed by atoms with Crippen LogP contribution in [-0.2, 0) is 0 Å². The van der Waals surface area contributed by atoms with Gasteiger partial charge in [0.15, 0.2) is 5.82 Å². The number of aliphatic hydroxyl groups is 1. The van der Waals surface area contributed by atoms with Crippen molar-refractivity contribution in [3.05, 3.63) is 17.5 Å². The second kappa shape index (κ2) is 5.38. The Hall–Kier alpha value is -0.910. The van der Waals surface area contributed by atoms with Crippen molar-refractivity contribution in [2.24, 2.45) is 0 Å². The van der Waals surface area contributed by atoms with Crippen molar-refractivity contribution in [3.63, 3.8) is 0 Å². The minimum absolute atomic E-state index is 0.565. The van der Waals surface area contributed by atoms with E-state index in [9.17, 15) is 5.11 Å². The van der Waals surface area contributed by atoms with E-state index in [-0.39, 0.29) is 0 Å². The van der Waals surface area contributed by atoms with Crippen LogP contribution in [0.2, 0.25) is 5.02 Å². The molecule has 1 aromatic rings. The van der Waals surface area contributed by atoms with Crippen LogP contribution in [0.4, 0.5) is 5.82 Å². The Morgan fingerprint density at radius 1 is 1.44 bits per heavy atom. The molecule has 0 bridgehead atoms. The van der Waals surface area contributed by atoms with Gasteiger partial charge in [-0.15, -0.1) is 0 Å². The van der Waals surface area contributed by atoms with Crippen molar-refractivity contribution in [2.75, 3.05) is 38.6 Å². The third kappa shape index (κ3) is 3.10. The molecule has 1 N–H and O–H groups in total. The first-order chi connectivity index (χ1) is 8.50. The van der Waals surface area contributed by atoms with Crippen molar-refractivity contribution in [3.8, 4) is 0 Å². The molecule has 0 aliphatic carbocycles. The number of hydrogen-bond acceptors (Lipinski definition) is 5. The topological polar surface area (TPSA) is 52.5 Å². The summed E-state index contributed by atoms with van der Waals surface area (Å²) in [5.74, 6) is 0.763. The zero-order valence-electron chi connectivity index (χ0n) is 10.8. The normalized spacial score (nSPS) is 19.3. The second-order valence-electron chi connectivity index (χ2n) is 5.14. The quantitative estimate of drug-likeness (QED) is 0.889. The summed E-state index contributed by atoms with van der Waals surface area (Å²) in [5.41, 5.74) is -0.598. The van der Waals surface area contributed by atoms with E-state index in [2.05, 4.69) is 14.9 Å². The average molecular weight is 271 g/mol. The van der Waals surface area contributed by atoms with Gasteiger partial charge in [0.25, 0.3) is 0 Å². The smallest absolute Gasteiger partial charge is 0.150 e. The molecule has 6 heteroatoms. The molecule has 2 heterocycles. The maximum atomic E-state index is 10.4. The fraction of sp³-hybridized carbons (Fsp3) is 0.667. The van der Waals surface area contributed by atoms with Crippen molar-refractivity contribution >= 4 is 17.4 Å². The SMILES string of the molecule is CN(C)CC1(O)CCN(c2ncncc2Cl)CC1. The van der Waals surface area contributed by atoms with E-state index < -0.39 is 5.60 Å². The minimum atomic E-state index is -0.598. The Balaban J connectivity index is 2.01. The third-order valence-electron chi connectivity index (χ3n) is 3.25. The molecule has 0 radical (unpaired) electrons. The second-order valence-corrected chi connectivity index (χ2v) is 5.55. The van der Waals surface area contributed by atoms with E-state index >= 15 is 0 Å². The minimum Gasteiger partial charge on any atom is -0.388 e. The number of anilines is 1. The molecule has 2 rings (SSSR count). The lowest BCUT2D eigenvalue weighted by Crippen LogP contribution is -2.49. The number of nitrogens with zero attached hydrogens (tertiary/aromatic N) is 4. The number of likely N-dealkylation sites (N-methyl/N-ethyl adjacent to an activating group) is 1. The highest BCUT2D eigenvalue weighted by Crippen LogP contribution is 2.29. The van der Waals surface area contributed by atoms with Gasteiger partial charge in [-0.05, 0) is 26.9 Å². The zero-order chi connectivity index (χ0) is 13.2. The Morgan fingerprint density at radius 3 is 2.67 bits per heavy atom. The van der Waals surface area contributed by atoms with Crippen LogP contribution < -0.4 is 4.90 Å². The van der Waals surface area contributed by atoms with Gasteiger partial charge in [0, 0.05) is 19.6 Å². The number of hydrogen-bond donors (Lipinski definition) is 1. The van der Waals surface area contributed by atoms with E-state index in [1.165, 1.54) is 6.33 Å². The largest absolute Gasteiger partial charge is 0.388 e. The van der Waals surface area contributed by atoms with Gasteiger partial charge in [0.2, 0.25) is 0 Å². The van der Waals surface area contributed by atoms with Crippen molar-refractivity contribution < 1.29 is 5.11 Å². The Bertz CT molecular complexity index is 405. The van der Waals surface area contributed by atoms with Crippen LogP contribution >= 0.6 is 11.6 Å². The summed E-state index contributed by atoms with van der Waals surface area (Å²) in [6, 6.07) is 0. The summed E-state index contributed by atoms with van der Waals surface area (Å²) in [6.07, 6.45) is 4.56. The first kappa shape index (κ1) is 13.5. The molecule has 100 valence electrons. The molecule has 1 fully saturated rings. The predicted octanol–water partition coefficient (Wildman–Crippen LogP) is 1.02. The molecule has 5 nitrogen and oxygen atoms in total. The number of rotatable bonds is 3. The Kier molecular flexibility index (Phi) is 4.04. The van der Waals surface area contributed by atoms with E-state index in [1.54, 1.807) is 6.20 Å². The van der Waals surface area contributed by atoms with Gasteiger partial charge in [0.05, 0.1) is 11.8 Å². The van der Waals surface area contributed by atoms with E-state index in [4.69, 9.17) is 11.6 Å². The predicted molar refractivity (Wildman–Crippen MR) is 72.0 cm³/mol. The Labute approximate surface area is 112 Å². The van der Waals surface area contributed by atoms with Gasteiger partial charge in [-0.1, -0.05) is 11.6 Å². The summed E-state index contributed by atoms with van der Waals surface area (Å²) < 4.78 is 0. The van der Waals surface area contributed by atoms with E-state index in [0.717, 1.165) is 31.7 Å². The van der Waals surface area contributed by atoms with Crippen LogP contribution in [0.1, 0.15) is 12.8 Å². The highest BCUT2D eigenvalue weighted by molar-refractivity contribution is 6.32. The van der Waals surface area contributed by atoms with Crippen molar-refractivity contribution in [1.82, 2.24) is 14.9 Å². The fourth-order valence-electron chi connectivity index (χ4n) is 2.42. The van der Waals surface area contributed by atoms with Gasteiger partial charge < -0.3 is 14.9 Å². The summed E-state index contributed by atoms with van der Waals surface area (Å²) in [6.45, 7) is 2.22. The maximum absolute atomic E-state index is 10.4. The molecule has 0 aromatic carbocycles. The Morgan fingerprint density at radius 2 is 2.11 bits per heavy atom. The summed E-state index contributed by atoms with van der Waals surface area (Å²) in [4.78, 5) is 12.2. The van der Waals surface area contributed by atoms with Gasteiger partial charge >= 0.3 is 0 Å². The van der Waals surface area contributed by atoms with Gasteiger partial charge in [-0.3, -0.25) is 0 Å². The molecule has 0 saturated carbocycles. The lowest BCUT2D eigenvalue weighted by atomic mass is 9.91. The molecule has 18 heavy (non-hydrogen) atoms. The number of piperidine rings is 1. The number of aromatic nitrogens is 2. The maximum Gasteiger partial charge on any atom is 0.150 e. The lowest BCUT2D eigenvalue weighted by molar-refractivity contribution is -0.00547. The molecule has 1 aliphatic rings. The van der Waals surface area contributed by atoms with E-state index in [0.29, 0.717) is 11.6 Å². The summed E-state index contributed by atoms with van der Waals surface area (Å²) in [5, 5.41) is 11.0. The van der Waals surface area contributed by atoms with Crippen LogP contribution in [0.5, 0.6) is 0 Å². The molecule has 1 saturated heterocycles. The van der Waals surface area contributed by atoms with Crippen molar-refractivity contribution in [2.45, 2.75) is 18.4 Å². The average Bonchev–Trinajstić information content (AvgIpc) is 2.30. The first-order valence-corrected chi connectivity index (χ1v) is 6.45. The highest BCUT2D eigenvalue weighted by atomic mass is 35.5. The molecule has 0 amide bonds. The first-order valence-electron chi connectivity index (χ1n) is 6.08. The molecule has 0 unspecified atom stereocenters. The molecule has 1 aromatic heterocycles. The standard InChI is InChI=1S/C12H19ClN4O/c1-16(2)8-12(18)3-5-17(6-4-12)11-10(13)7-14-9-15-11/h7,9,18H,3-6,8H2,1-2H3. The van der Waals surface area contributed by atoms with Gasteiger partial charge in [-0.2, -0.15) is 0 Å². The lowest BCUT2D eigenvalue weighted by Gasteiger charge is -2.40. The molecular formula is C12H19ClN4O. The molecule has 1 aliphatic heterocycles. The zero-order valence-corrected chi connectivity index (χ0v) is 11.6. The van der Waals surface area contributed by atoms with Crippen LogP contribution in [-0.4, -0.2) is 59.3 Å². The molecule has 0 spiro atoms. The summed E-state index contributed by atoms with van der Waals surface area (Å²) in [7, 11) is 3.96. The molecular weight excluding hydrogens is 252 g/mol. The fourth-order valence-corrected chi connectivity index (χ4v) is 2.65. The van der Waals surface area contributed by atoms with E-state index in [1.807, 2.05) is 19.0 Å².